The third-order valence-electron chi connectivity index (χ3n) is 6.16. The van der Waals surface area contributed by atoms with E-state index in [1.165, 1.54) is 0 Å². The lowest BCUT2D eigenvalue weighted by Crippen LogP contribution is -2.45. The second-order valence-corrected chi connectivity index (χ2v) is 8.50. The number of fused-ring (bicyclic) bond motifs is 1. The summed E-state index contributed by atoms with van der Waals surface area (Å²) >= 11 is 0. The summed E-state index contributed by atoms with van der Waals surface area (Å²) in [5.41, 5.74) is 0.985. The Balaban J connectivity index is 1.32. The molecule has 1 saturated heterocycles. The summed E-state index contributed by atoms with van der Waals surface area (Å²) in [5, 5.41) is 11.8. The van der Waals surface area contributed by atoms with Crippen LogP contribution in [0.4, 0.5) is 9.59 Å². The number of methoxy groups -OCH3 is 1. The minimum absolute atomic E-state index is 0.0577. The SMILES string of the molecule is COc1cccc(CNC(=O)N2CCn3c(nnc3C3CCN(C(=O)N(C)C)CC3)C2)c1. The molecule has 3 heterocycles. The lowest BCUT2D eigenvalue weighted by Gasteiger charge is -2.34. The van der Waals surface area contributed by atoms with Crippen molar-refractivity contribution in [1.82, 2.24) is 34.8 Å². The van der Waals surface area contributed by atoms with Crippen molar-refractivity contribution in [3.05, 3.63) is 41.5 Å². The van der Waals surface area contributed by atoms with Gasteiger partial charge in [0.05, 0.1) is 13.7 Å². The Morgan fingerprint density at radius 3 is 2.62 bits per heavy atom. The smallest absolute Gasteiger partial charge is 0.319 e. The first-order chi connectivity index (χ1) is 15.5. The van der Waals surface area contributed by atoms with Gasteiger partial charge in [-0.05, 0) is 30.5 Å². The van der Waals surface area contributed by atoms with Crippen LogP contribution in [0.2, 0.25) is 0 Å². The molecule has 0 bridgehead atoms. The van der Waals surface area contributed by atoms with E-state index in [4.69, 9.17) is 4.74 Å². The maximum absolute atomic E-state index is 12.7. The van der Waals surface area contributed by atoms with Gasteiger partial charge in [0, 0.05) is 52.7 Å². The van der Waals surface area contributed by atoms with E-state index >= 15 is 0 Å². The number of rotatable bonds is 4. The van der Waals surface area contributed by atoms with Crippen LogP contribution < -0.4 is 10.1 Å². The third kappa shape index (κ3) is 4.63. The van der Waals surface area contributed by atoms with Crippen molar-refractivity contribution in [1.29, 1.82) is 0 Å². The van der Waals surface area contributed by atoms with Crippen LogP contribution in [0.15, 0.2) is 24.3 Å². The van der Waals surface area contributed by atoms with E-state index in [0.717, 1.165) is 48.9 Å². The molecule has 1 fully saturated rings. The second kappa shape index (κ2) is 9.46. The average molecular weight is 442 g/mol. The van der Waals surface area contributed by atoms with Crippen LogP contribution in [0.5, 0.6) is 5.75 Å². The van der Waals surface area contributed by atoms with Crippen LogP contribution in [0.25, 0.3) is 0 Å². The third-order valence-corrected chi connectivity index (χ3v) is 6.16. The zero-order valence-electron chi connectivity index (χ0n) is 19.0. The molecule has 10 nitrogen and oxygen atoms in total. The molecule has 0 aliphatic carbocycles. The van der Waals surface area contributed by atoms with Crippen LogP contribution in [0, 0.1) is 0 Å². The number of urea groups is 2. The monoisotopic (exact) mass is 441 g/mol. The number of aromatic nitrogens is 3. The molecule has 1 N–H and O–H groups in total. The van der Waals surface area contributed by atoms with Crippen LogP contribution in [0.1, 0.15) is 36.0 Å². The summed E-state index contributed by atoms with van der Waals surface area (Å²) in [5.74, 6) is 2.85. The fourth-order valence-corrected chi connectivity index (χ4v) is 4.34. The molecule has 172 valence electrons. The van der Waals surface area contributed by atoms with Gasteiger partial charge in [-0.2, -0.15) is 0 Å². The van der Waals surface area contributed by atoms with E-state index in [1.807, 2.05) is 29.2 Å². The zero-order valence-corrected chi connectivity index (χ0v) is 19.0. The molecule has 32 heavy (non-hydrogen) atoms. The highest BCUT2D eigenvalue weighted by Crippen LogP contribution is 2.29. The minimum Gasteiger partial charge on any atom is -0.497 e. The largest absolute Gasteiger partial charge is 0.497 e. The highest BCUT2D eigenvalue weighted by molar-refractivity contribution is 5.74. The fraction of sp³-hybridized carbons (Fsp3) is 0.545. The molecule has 2 aliphatic rings. The number of benzene rings is 1. The number of piperidine rings is 1. The Labute approximate surface area is 188 Å². The quantitative estimate of drug-likeness (QED) is 0.782. The summed E-state index contributed by atoms with van der Waals surface area (Å²) in [7, 11) is 5.19. The molecular formula is C22H31N7O3. The van der Waals surface area contributed by atoms with Gasteiger partial charge >= 0.3 is 12.1 Å². The van der Waals surface area contributed by atoms with Crippen LogP contribution in [0.3, 0.4) is 0 Å². The van der Waals surface area contributed by atoms with Crippen molar-refractivity contribution < 1.29 is 14.3 Å². The van der Waals surface area contributed by atoms with Gasteiger partial charge < -0.3 is 29.3 Å². The molecule has 2 aliphatic heterocycles. The second-order valence-electron chi connectivity index (χ2n) is 8.50. The molecule has 0 saturated carbocycles. The summed E-state index contributed by atoms with van der Waals surface area (Å²) in [4.78, 5) is 30.1. The molecule has 0 atom stereocenters. The predicted octanol–water partition coefficient (Wildman–Crippen LogP) is 1.87. The molecule has 0 radical (unpaired) electrons. The van der Waals surface area contributed by atoms with E-state index in [0.29, 0.717) is 26.2 Å². The standard InChI is InChI=1S/C22H31N7O3/c1-26(2)22(31)27-9-7-17(8-10-27)20-25-24-19-15-28(11-12-29(19)20)21(30)23-14-16-5-4-6-18(13-16)32-3/h4-6,13,17H,7-12,14-15H2,1-3H3,(H,23,30). The van der Waals surface area contributed by atoms with Gasteiger partial charge in [-0.25, -0.2) is 9.59 Å². The van der Waals surface area contributed by atoms with Crippen molar-refractivity contribution in [3.63, 3.8) is 0 Å². The first-order valence-electron chi connectivity index (χ1n) is 11.0. The van der Waals surface area contributed by atoms with Crippen molar-refractivity contribution >= 4 is 12.1 Å². The van der Waals surface area contributed by atoms with Crippen LogP contribution >= 0.6 is 0 Å². The van der Waals surface area contributed by atoms with Gasteiger partial charge in [0.15, 0.2) is 5.82 Å². The minimum atomic E-state index is -0.112. The molecule has 4 amide bonds. The number of nitrogens with zero attached hydrogens (tertiary/aromatic N) is 6. The molecule has 10 heteroatoms. The number of amides is 4. The number of hydrogen-bond donors (Lipinski definition) is 1. The Hall–Kier alpha value is -3.30. The lowest BCUT2D eigenvalue weighted by molar-refractivity contribution is 0.154. The Morgan fingerprint density at radius 1 is 1.12 bits per heavy atom. The van der Waals surface area contributed by atoms with Crippen LogP contribution in [-0.2, 0) is 19.6 Å². The van der Waals surface area contributed by atoms with Crippen molar-refractivity contribution in [2.75, 3.05) is 40.8 Å². The van der Waals surface area contributed by atoms with Gasteiger partial charge in [0.2, 0.25) is 0 Å². The summed E-state index contributed by atoms with van der Waals surface area (Å²) in [6.07, 6.45) is 1.75. The van der Waals surface area contributed by atoms with Gasteiger partial charge in [-0.3, -0.25) is 0 Å². The van der Waals surface area contributed by atoms with E-state index in [2.05, 4.69) is 20.1 Å². The van der Waals surface area contributed by atoms with Gasteiger partial charge in [0.1, 0.15) is 11.6 Å². The number of nitrogens with one attached hydrogen (secondary N) is 1. The molecule has 2 aromatic rings. The van der Waals surface area contributed by atoms with Crippen molar-refractivity contribution in [2.45, 2.75) is 38.4 Å². The molecule has 4 rings (SSSR count). The molecule has 1 aromatic carbocycles. The molecular weight excluding hydrogens is 410 g/mol. The summed E-state index contributed by atoms with van der Waals surface area (Å²) < 4.78 is 7.39. The summed E-state index contributed by atoms with van der Waals surface area (Å²) in [6.45, 7) is 3.62. The van der Waals surface area contributed by atoms with Crippen molar-refractivity contribution in [3.8, 4) is 5.75 Å². The molecule has 0 spiro atoms. The predicted molar refractivity (Wildman–Crippen MR) is 118 cm³/mol. The van der Waals surface area contributed by atoms with Crippen molar-refractivity contribution in [2.24, 2.45) is 0 Å². The maximum atomic E-state index is 12.7. The normalized spacial score (nSPS) is 16.5. The Bertz CT molecular complexity index is 966. The first-order valence-corrected chi connectivity index (χ1v) is 11.0. The van der Waals surface area contributed by atoms with Gasteiger partial charge in [-0.15, -0.1) is 10.2 Å². The topological polar surface area (TPSA) is 95.8 Å². The molecule has 0 unspecified atom stereocenters. The van der Waals surface area contributed by atoms with E-state index in [1.54, 1.807) is 31.0 Å². The van der Waals surface area contributed by atoms with Gasteiger partial charge in [-0.1, -0.05) is 12.1 Å². The maximum Gasteiger partial charge on any atom is 0.319 e. The Kier molecular flexibility index (Phi) is 6.48. The van der Waals surface area contributed by atoms with E-state index in [-0.39, 0.29) is 18.0 Å². The van der Waals surface area contributed by atoms with Crippen LogP contribution in [-0.4, -0.2) is 82.4 Å². The lowest BCUT2D eigenvalue weighted by atomic mass is 9.96. The van der Waals surface area contributed by atoms with Gasteiger partial charge in [0.25, 0.3) is 0 Å². The summed E-state index contributed by atoms with van der Waals surface area (Å²) in [6, 6.07) is 7.61. The first kappa shape index (κ1) is 21.9. The van der Waals surface area contributed by atoms with E-state index < -0.39 is 0 Å². The number of likely N-dealkylation sites (tertiary alicyclic amines) is 1. The highest BCUT2D eigenvalue weighted by atomic mass is 16.5. The number of carbonyl (C=O) groups excluding carboxylic acids is 2. The fourth-order valence-electron chi connectivity index (χ4n) is 4.34. The number of hydrogen-bond acceptors (Lipinski definition) is 5. The van der Waals surface area contributed by atoms with E-state index in [9.17, 15) is 9.59 Å². The highest BCUT2D eigenvalue weighted by Gasteiger charge is 2.31. The Morgan fingerprint density at radius 2 is 1.91 bits per heavy atom. The number of carbonyl (C=O) groups is 2. The average Bonchev–Trinajstić information content (AvgIpc) is 3.25. The zero-order chi connectivity index (χ0) is 22.7. The molecule has 1 aromatic heterocycles. The number of ether oxygens (including phenoxy) is 1.